The van der Waals surface area contributed by atoms with Crippen LogP contribution in [-0.2, 0) is 37.1 Å². The van der Waals surface area contributed by atoms with E-state index in [0.717, 1.165) is 5.56 Å². The molecule has 0 fully saturated rings. The molecule has 6 nitrogen and oxygen atoms in total. The van der Waals surface area contributed by atoms with Crippen LogP contribution < -0.4 is 0 Å². The van der Waals surface area contributed by atoms with E-state index in [1.54, 1.807) is 60.7 Å². The zero-order valence-corrected chi connectivity index (χ0v) is 19.4. The van der Waals surface area contributed by atoms with E-state index in [4.69, 9.17) is 21.1 Å². The van der Waals surface area contributed by atoms with E-state index in [1.807, 2.05) is 12.1 Å². The number of carbonyl (C=O) groups is 3. The second kappa shape index (κ2) is 11.6. The topological polar surface area (TPSA) is 89.9 Å². The van der Waals surface area contributed by atoms with Crippen LogP contribution in [0.15, 0.2) is 84.9 Å². The van der Waals surface area contributed by atoms with Gasteiger partial charge in [-0.3, -0.25) is 9.59 Å². The molecule has 3 aromatic rings. The fraction of sp³-hybridized carbons (Fsp3) is 0.222. The molecule has 0 radical (unpaired) electrons. The van der Waals surface area contributed by atoms with Crippen LogP contribution in [0.25, 0.3) is 0 Å². The van der Waals surface area contributed by atoms with E-state index in [-0.39, 0.29) is 23.8 Å². The van der Waals surface area contributed by atoms with Crippen LogP contribution in [0.1, 0.15) is 36.0 Å². The molecule has 0 aliphatic heterocycles. The summed E-state index contributed by atoms with van der Waals surface area (Å²) in [5.41, 5.74) is -0.973. The molecule has 1 N–H and O–H groups in total. The Kier molecular flexibility index (Phi) is 8.57. The van der Waals surface area contributed by atoms with E-state index in [9.17, 15) is 19.5 Å². The molecule has 176 valence electrons. The summed E-state index contributed by atoms with van der Waals surface area (Å²) in [6.07, 6.45) is -0.656. The summed E-state index contributed by atoms with van der Waals surface area (Å²) in [7, 11) is 0. The largest absolute Gasteiger partial charge is 0.460 e. The summed E-state index contributed by atoms with van der Waals surface area (Å²) in [4.78, 5) is 38.6. The molecule has 2 atom stereocenters. The summed E-state index contributed by atoms with van der Waals surface area (Å²) in [5.74, 6) is -4.12. The Morgan fingerprint density at radius 1 is 0.824 bits per heavy atom. The Labute approximate surface area is 203 Å². The van der Waals surface area contributed by atoms with Crippen LogP contribution in [0.5, 0.6) is 0 Å². The van der Waals surface area contributed by atoms with E-state index >= 15 is 0 Å². The number of aliphatic hydroxyl groups is 1. The maximum absolute atomic E-state index is 13.3. The minimum atomic E-state index is -2.53. The van der Waals surface area contributed by atoms with Crippen LogP contribution in [0.4, 0.5) is 0 Å². The molecule has 0 unspecified atom stereocenters. The molecule has 0 saturated heterocycles. The lowest BCUT2D eigenvalue weighted by Crippen LogP contribution is -2.50. The summed E-state index contributed by atoms with van der Waals surface area (Å²) in [5, 5.41) is 11.7. The van der Waals surface area contributed by atoms with Crippen LogP contribution >= 0.6 is 11.6 Å². The minimum Gasteiger partial charge on any atom is -0.460 e. The highest BCUT2D eigenvalue weighted by atomic mass is 35.5. The van der Waals surface area contributed by atoms with Crippen molar-refractivity contribution in [1.82, 2.24) is 0 Å². The number of halogens is 1. The number of ketones is 1. The second-order valence-corrected chi connectivity index (χ2v) is 8.32. The number of esters is 2. The third-order valence-electron chi connectivity index (χ3n) is 5.24. The van der Waals surface area contributed by atoms with Gasteiger partial charge in [0.05, 0.1) is 0 Å². The first-order valence-corrected chi connectivity index (χ1v) is 11.1. The smallest absolute Gasteiger partial charge is 0.340 e. The predicted octanol–water partition coefficient (Wildman–Crippen LogP) is 4.62. The first kappa shape index (κ1) is 25.1. The van der Waals surface area contributed by atoms with E-state index in [2.05, 4.69) is 0 Å². The molecule has 0 spiro atoms. The predicted molar refractivity (Wildman–Crippen MR) is 127 cm³/mol. The SMILES string of the molecule is CC(=O)C[C@](O)(C(=O)OCc1ccccc1)[C@@H](C(=O)OCc1ccccc1)c1ccccc1Cl. The van der Waals surface area contributed by atoms with Crippen molar-refractivity contribution in [2.45, 2.75) is 38.1 Å². The van der Waals surface area contributed by atoms with Gasteiger partial charge in [0.1, 0.15) is 24.9 Å². The molecule has 0 amide bonds. The van der Waals surface area contributed by atoms with Gasteiger partial charge in [0.15, 0.2) is 5.60 Å². The lowest BCUT2D eigenvalue weighted by atomic mass is 9.78. The lowest BCUT2D eigenvalue weighted by Gasteiger charge is -2.32. The van der Waals surface area contributed by atoms with Crippen molar-refractivity contribution < 1.29 is 29.0 Å². The quantitative estimate of drug-likeness (QED) is 0.426. The van der Waals surface area contributed by atoms with Crippen molar-refractivity contribution in [1.29, 1.82) is 0 Å². The molecule has 0 saturated carbocycles. The van der Waals surface area contributed by atoms with Gasteiger partial charge in [-0.2, -0.15) is 0 Å². The highest BCUT2D eigenvalue weighted by Crippen LogP contribution is 2.38. The highest BCUT2D eigenvalue weighted by molar-refractivity contribution is 6.31. The Morgan fingerprint density at radius 3 is 1.85 bits per heavy atom. The highest BCUT2D eigenvalue weighted by Gasteiger charge is 2.52. The maximum Gasteiger partial charge on any atom is 0.340 e. The molecular weight excluding hydrogens is 456 g/mol. The zero-order valence-electron chi connectivity index (χ0n) is 18.6. The monoisotopic (exact) mass is 480 g/mol. The summed E-state index contributed by atoms with van der Waals surface area (Å²) in [6, 6.07) is 24.1. The fourth-order valence-corrected chi connectivity index (χ4v) is 3.86. The maximum atomic E-state index is 13.3. The van der Waals surface area contributed by atoms with Crippen LogP contribution in [0.2, 0.25) is 5.02 Å². The van der Waals surface area contributed by atoms with E-state index in [0.29, 0.717) is 5.56 Å². The standard InChI is InChI=1S/C27H25ClO6/c1-19(29)16-27(32,26(31)34-18-21-12-6-3-7-13-21)24(22-14-8-9-15-23(22)28)25(30)33-17-20-10-4-2-5-11-20/h2-15,24,32H,16-18H2,1H3/t24-,27-/m1/s1. The Bertz CT molecular complexity index is 1130. The van der Waals surface area contributed by atoms with Crippen molar-refractivity contribution in [2.24, 2.45) is 0 Å². The van der Waals surface area contributed by atoms with Crippen molar-refractivity contribution in [3.63, 3.8) is 0 Å². The molecular formula is C27H25ClO6. The number of benzene rings is 3. The molecule has 0 bridgehead atoms. The van der Waals surface area contributed by atoms with Gasteiger partial charge < -0.3 is 14.6 Å². The molecule has 34 heavy (non-hydrogen) atoms. The van der Waals surface area contributed by atoms with Crippen LogP contribution in [-0.4, -0.2) is 28.4 Å². The Balaban J connectivity index is 1.95. The lowest BCUT2D eigenvalue weighted by molar-refractivity contribution is -0.179. The average molecular weight is 481 g/mol. The van der Waals surface area contributed by atoms with Crippen molar-refractivity contribution in [3.8, 4) is 0 Å². The van der Waals surface area contributed by atoms with Crippen LogP contribution in [0, 0.1) is 0 Å². The number of hydrogen-bond acceptors (Lipinski definition) is 6. The Hall–Kier alpha value is -3.48. The van der Waals surface area contributed by atoms with Gasteiger partial charge in [-0.1, -0.05) is 90.5 Å². The number of ether oxygens (including phenoxy) is 2. The number of carbonyl (C=O) groups excluding carboxylic acids is 3. The molecule has 3 aromatic carbocycles. The molecule has 3 rings (SSSR count). The fourth-order valence-electron chi connectivity index (χ4n) is 3.62. The van der Waals surface area contributed by atoms with Gasteiger partial charge in [0, 0.05) is 11.4 Å². The number of rotatable bonds is 10. The Morgan fingerprint density at radius 2 is 1.32 bits per heavy atom. The normalized spacial score (nSPS) is 13.4. The van der Waals surface area contributed by atoms with Gasteiger partial charge >= 0.3 is 11.9 Å². The van der Waals surface area contributed by atoms with Gasteiger partial charge in [0.2, 0.25) is 0 Å². The van der Waals surface area contributed by atoms with E-state index in [1.165, 1.54) is 19.1 Å². The first-order chi connectivity index (χ1) is 16.3. The molecule has 0 aromatic heterocycles. The van der Waals surface area contributed by atoms with Crippen LogP contribution in [0.3, 0.4) is 0 Å². The third-order valence-corrected chi connectivity index (χ3v) is 5.58. The molecule has 0 aliphatic rings. The third kappa shape index (κ3) is 6.31. The minimum absolute atomic E-state index is 0.0875. The summed E-state index contributed by atoms with van der Waals surface area (Å²) in [6.45, 7) is 0.985. The summed E-state index contributed by atoms with van der Waals surface area (Å²) < 4.78 is 10.8. The number of hydrogen-bond donors (Lipinski definition) is 1. The first-order valence-electron chi connectivity index (χ1n) is 10.7. The van der Waals surface area contributed by atoms with Gasteiger partial charge in [0.25, 0.3) is 0 Å². The second-order valence-electron chi connectivity index (χ2n) is 7.91. The summed E-state index contributed by atoms with van der Waals surface area (Å²) >= 11 is 6.34. The average Bonchev–Trinajstić information content (AvgIpc) is 2.83. The van der Waals surface area contributed by atoms with Crippen molar-refractivity contribution >= 4 is 29.3 Å². The van der Waals surface area contributed by atoms with Gasteiger partial charge in [-0.25, -0.2) is 4.79 Å². The van der Waals surface area contributed by atoms with Gasteiger partial charge in [-0.15, -0.1) is 0 Å². The molecule has 0 heterocycles. The van der Waals surface area contributed by atoms with Crippen molar-refractivity contribution in [3.05, 3.63) is 107 Å². The van der Waals surface area contributed by atoms with Gasteiger partial charge in [-0.05, 0) is 29.7 Å². The molecule has 0 aliphatic carbocycles. The van der Waals surface area contributed by atoms with Crippen molar-refractivity contribution in [2.75, 3.05) is 0 Å². The number of Topliss-reactive ketones (excluding diaryl/α,β-unsaturated/α-hetero) is 1. The van der Waals surface area contributed by atoms with E-state index < -0.39 is 35.7 Å². The zero-order chi connectivity index (χ0) is 24.6. The molecule has 7 heteroatoms.